The molecular weight excluding hydrogens is 530 g/mol. The Morgan fingerprint density at radius 3 is 2.00 bits per heavy atom. The minimum Gasteiger partial charge on any atom is -0.507 e. The van der Waals surface area contributed by atoms with E-state index in [9.17, 15) is 14.7 Å². The number of aliphatic hydroxyl groups excluding tert-OH is 1. The number of amides is 1. The number of ketones is 1. The van der Waals surface area contributed by atoms with Crippen LogP contribution in [0.2, 0.25) is 5.02 Å². The zero-order chi connectivity index (χ0) is 28.9. The van der Waals surface area contributed by atoms with Crippen LogP contribution in [0.1, 0.15) is 37.4 Å². The molecule has 212 valence electrons. The van der Waals surface area contributed by atoms with Crippen LogP contribution in [0.4, 0.5) is 0 Å². The highest BCUT2D eigenvalue weighted by molar-refractivity contribution is 6.46. The number of carbonyl (C=O) groups is 2. The van der Waals surface area contributed by atoms with Gasteiger partial charge in [0, 0.05) is 19.2 Å². The van der Waals surface area contributed by atoms with Gasteiger partial charge in [-0.05, 0) is 44.0 Å². The second-order valence-corrected chi connectivity index (χ2v) is 9.32. The van der Waals surface area contributed by atoms with E-state index in [0.29, 0.717) is 35.8 Å². The van der Waals surface area contributed by atoms with Crippen LogP contribution in [0.3, 0.4) is 0 Å². The summed E-state index contributed by atoms with van der Waals surface area (Å²) in [4.78, 5) is 28.2. The number of ether oxygens (including phenoxy) is 6. The number of halogens is 1. The number of likely N-dealkylation sites (tertiary alicyclic amines) is 1. The highest BCUT2D eigenvalue weighted by Gasteiger charge is 2.46. The van der Waals surface area contributed by atoms with Gasteiger partial charge < -0.3 is 38.4 Å². The van der Waals surface area contributed by atoms with Crippen LogP contribution in [0.15, 0.2) is 29.8 Å². The molecule has 11 heteroatoms. The van der Waals surface area contributed by atoms with Gasteiger partial charge in [0.25, 0.3) is 11.7 Å². The molecule has 0 aliphatic carbocycles. The maximum absolute atomic E-state index is 13.5. The summed E-state index contributed by atoms with van der Waals surface area (Å²) in [5.41, 5.74) is 0.467. The topological polar surface area (TPSA) is 113 Å². The quantitative estimate of drug-likeness (QED) is 0.171. The van der Waals surface area contributed by atoms with Crippen molar-refractivity contribution in [1.29, 1.82) is 0 Å². The summed E-state index contributed by atoms with van der Waals surface area (Å²) in [6.07, 6.45) is 0.475. The first-order valence-electron chi connectivity index (χ1n) is 12.2. The fraction of sp³-hybridized carbons (Fsp3) is 0.429. The van der Waals surface area contributed by atoms with E-state index in [-0.39, 0.29) is 40.3 Å². The number of aliphatic hydroxyl groups is 1. The largest absolute Gasteiger partial charge is 0.507 e. The van der Waals surface area contributed by atoms with Crippen LogP contribution in [-0.2, 0) is 14.3 Å². The number of nitrogens with zero attached hydrogens (tertiary/aromatic N) is 1. The van der Waals surface area contributed by atoms with Crippen LogP contribution < -0.4 is 23.7 Å². The number of hydrogen-bond acceptors (Lipinski definition) is 9. The van der Waals surface area contributed by atoms with E-state index in [2.05, 4.69) is 0 Å². The second-order valence-electron chi connectivity index (χ2n) is 8.91. The summed E-state index contributed by atoms with van der Waals surface area (Å²) >= 11 is 6.25. The fourth-order valence-electron chi connectivity index (χ4n) is 4.46. The minimum atomic E-state index is -0.982. The number of benzene rings is 2. The van der Waals surface area contributed by atoms with Gasteiger partial charge in [0.1, 0.15) is 17.3 Å². The standard InChI is InChI=1S/C28H34ClNO9/c1-15(2)39-10-8-9-30-24(16-11-21(36-5)27(38-7)22(12-16)37-6)23(26(32)28(30)33)25(31)17-13-20(35-4)18(29)14-19(17)34-3/h11-15,24,31H,8-10H2,1-7H3/b25-23+. The lowest BCUT2D eigenvalue weighted by atomic mass is 9.94. The van der Waals surface area contributed by atoms with Gasteiger partial charge in [0.2, 0.25) is 5.75 Å². The second kappa shape index (κ2) is 12.9. The number of rotatable bonds is 12. The van der Waals surface area contributed by atoms with E-state index < -0.39 is 23.5 Å². The lowest BCUT2D eigenvalue weighted by Gasteiger charge is -2.27. The van der Waals surface area contributed by atoms with Gasteiger partial charge >= 0.3 is 0 Å². The third-order valence-corrected chi connectivity index (χ3v) is 6.56. The van der Waals surface area contributed by atoms with Crippen molar-refractivity contribution in [2.45, 2.75) is 32.4 Å². The summed E-state index contributed by atoms with van der Waals surface area (Å²) in [5.74, 6) is -0.624. The van der Waals surface area contributed by atoms with Gasteiger partial charge in [-0.3, -0.25) is 9.59 Å². The Hall–Kier alpha value is -3.63. The molecule has 0 bridgehead atoms. The molecule has 0 radical (unpaired) electrons. The van der Waals surface area contributed by atoms with Crippen LogP contribution in [0.5, 0.6) is 28.7 Å². The van der Waals surface area contributed by atoms with Gasteiger partial charge in [-0.15, -0.1) is 0 Å². The zero-order valence-electron chi connectivity index (χ0n) is 23.1. The molecule has 1 saturated heterocycles. The monoisotopic (exact) mass is 563 g/mol. The van der Waals surface area contributed by atoms with Gasteiger partial charge in [-0.25, -0.2) is 0 Å². The summed E-state index contributed by atoms with van der Waals surface area (Å²) in [6, 6.07) is 5.21. The Bertz CT molecular complexity index is 1230. The first-order chi connectivity index (χ1) is 18.6. The molecule has 10 nitrogen and oxygen atoms in total. The molecule has 1 aliphatic rings. The van der Waals surface area contributed by atoms with Crippen LogP contribution >= 0.6 is 11.6 Å². The average Bonchev–Trinajstić information content (AvgIpc) is 3.18. The van der Waals surface area contributed by atoms with Crippen LogP contribution in [0.25, 0.3) is 5.76 Å². The predicted molar refractivity (Wildman–Crippen MR) is 145 cm³/mol. The third-order valence-electron chi connectivity index (χ3n) is 6.27. The zero-order valence-corrected chi connectivity index (χ0v) is 23.9. The molecule has 1 amide bonds. The maximum Gasteiger partial charge on any atom is 0.295 e. The van der Waals surface area contributed by atoms with Crippen molar-refractivity contribution in [3.63, 3.8) is 0 Å². The van der Waals surface area contributed by atoms with Crippen molar-refractivity contribution in [3.05, 3.63) is 46.0 Å². The van der Waals surface area contributed by atoms with E-state index in [1.54, 1.807) is 12.1 Å². The maximum atomic E-state index is 13.5. The minimum absolute atomic E-state index is 0.0127. The van der Waals surface area contributed by atoms with Gasteiger partial charge in [-0.1, -0.05) is 11.6 Å². The Balaban J connectivity index is 2.26. The summed E-state index contributed by atoms with van der Waals surface area (Å²) in [5, 5.41) is 11.8. The van der Waals surface area contributed by atoms with E-state index in [0.717, 1.165) is 0 Å². The lowest BCUT2D eigenvalue weighted by molar-refractivity contribution is -0.140. The first-order valence-corrected chi connectivity index (χ1v) is 12.6. The van der Waals surface area contributed by atoms with E-state index in [1.807, 2.05) is 13.8 Å². The lowest BCUT2D eigenvalue weighted by Crippen LogP contribution is -2.31. The van der Waals surface area contributed by atoms with Crippen molar-refractivity contribution in [2.75, 3.05) is 48.7 Å². The average molecular weight is 564 g/mol. The van der Waals surface area contributed by atoms with Crippen molar-refractivity contribution in [1.82, 2.24) is 4.90 Å². The van der Waals surface area contributed by atoms with Gasteiger partial charge in [-0.2, -0.15) is 0 Å². The Morgan fingerprint density at radius 1 is 0.897 bits per heavy atom. The number of methoxy groups -OCH3 is 5. The number of Topliss-reactive ketones (excluding diaryl/α,β-unsaturated/α-hetero) is 1. The Labute approximate surface area is 232 Å². The molecular formula is C28H34ClNO9. The van der Waals surface area contributed by atoms with Crippen LogP contribution in [0, 0.1) is 0 Å². The molecule has 1 aliphatic heterocycles. The smallest absolute Gasteiger partial charge is 0.295 e. The van der Waals surface area contributed by atoms with Gasteiger partial charge in [0.05, 0.1) is 63.9 Å². The Morgan fingerprint density at radius 2 is 1.49 bits per heavy atom. The molecule has 0 saturated carbocycles. The molecule has 1 N–H and O–H groups in total. The molecule has 1 unspecified atom stereocenters. The SMILES string of the molecule is COc1cc(/C(O)=C2\C(=O)C(=O)N(CCCOC(C)C)C2c2cc(OC)c(OC)c(OC)c2)c(OC)cc1Cl. The molecule has 1 fully saturated rings. The van der Waals surface area contributed by atoms with E-state index in [4.69, 9.17) is 40.0 Å². The highest BCUT2D eigenvalue weighted by atomic mass is 35.5. The first kappa shape index (κ1) is 29.9. The van der Waals surface area contributed by atoms with E-state index in [1.165, 1.54) is 52.6 Å². The van der Waals surface area contributed by atoms with E-state index >= 15 is 0 Å². The molecule has 39 heavy (non-hydrogen) atoms. The molecule has 1 atom stereocenters. The summed E-state index contributed by atoms with van der Waals surface area (Å²) in [6.45, 7) is 4.40. The molecule has 1 heterocycles. The highest BCUT2D eigenvalue weighted by Crippen LogP contribution is 2.47. The molecule has 3 rings (SSSR count). The van der Waals surface area contributed by atoms with Crippen molar-refractivity contribution in [2.24, 2.45) is 0 Å². The van der Waals surface area contributed by atoms with Crippen molar-refractivity contribution in [3.8, 4) is 28.7 Å². The van der Waals surface area contributed by atoms with Crippen molar-refractivity contribution < 1.29 is 43.1 Å². The third kappa shape index (κ3) is 6.02. The summed E-state index contributed by atoms with van der Waals surface area (Å²) < 4.78 is 32.8. The fourth-order valence-corrected chi connectivity index (χ4v) is 4.69. The number of hydrogen-bond donors (Lipinski definition) is 1. The van der Waals surface area contributed by atoms with Crippen LogP contribution in [-0.4, -0.2) is 76.5 Å². The summed E-state index contributed by atoms with van der Waals surface area (Å²) in [7, 11) is 7.23. The molecule has 2 aromatic carbocycles. The Kier molecular flexibility index (Phi) is 9.93. The van der Waals surface area contributed by atoms with Crippen molar-refractivity contribution >= 4 is 29.1 Å². The molecule has 0 aromatic heterocycles. The predicted octanol–water partition coefficient (Wildman–Crippen LogP) is 4.62. The number of carbonyl (C=O) groups excluding carboxylic acids is 2. The van der Waals surface area contributed by atoms with Gasteiger partial charge in [0.15, 0.2) is 11.5 Å². The molecule has 0 spiro atoms. The molecule has 2 aromatic rings. The normalized spacial score (nSPS) is 16.5.